The molecule has 20 heavy (non-hydrogen) atoms. The lowest BCUT2D eigenvalue weighted by Crippen LogP contribution is -2.22. The van der Waals surface area contributed by atoms with Crippen LogP contribution in [0.25, 0.3) is 0 Å². The predicted molar refractivity (Wildman–Crippen MR) is 77.5 cm³/mol. The Hall–Kier alpha value is -1.37. The molecule has 0 spiro atoms. The summed E-state index contributed by atoms with van der Waals surface area (Å²) in [7, 11) is 0. The van der Waals surface area contributed by atoms with Crippen LogP contribution in [0.5, 0.6) is 0 Å². The van der Waals surface area contributed by atoms with Crippen molar-refractivity contribution >= 4 is 15.9 Å². The molecule has 0 saturated heterocycles. The highest BCUT2D eigenvalue weighted by atomic mass is 79.9. The third kappa shape index (κ3) is 4.06. The van der Waals surface area contributed by atoms with Crippen molar-refractivity contribution in [2.24, 2.45) is 0 Å². The van der Waals surface area contributed by atoms with Gasteiger partial charge in [-0.25, -0.2) is 14.4 Å². The average Bonchev–Trinajstić information content (AvgIpc) is 2.42. The number of hydrogen-bond donors (Lipinski definition) is 2. The molecular weight excluding hydrogens is 325 g/mol. The molecule has 2 aromatic rings. The van der Waals surface area contributed by atoms with Gasteiger partial charge >= 0.3 is 0 Å². The molecular formula is C14H15BrFN3O. The topological polar surface area (TPSA) is 58.0 Å². The lowest BCUT2D eigenvalue weighted by molar-refractivity contribution is 0.174. The van der Waals surface area contributed by atoms with E-state index in [-0.39, 0.29) is 5.82 Å². The number of nitrogens with zero attached hydrogens (tertiary/aromatic N) is 2. The Morgan fingerprint density at radius 2 is 2.20 bits per heavy atom. The number of benzene rings is 1. The molecule has 0 bridgehead atoms. The monoisotopic (exact) mass is 339 g/mol. The lowest BCUT2D eigenvalue weighted by Gasteiger charge is -2.12. The summed E-state index contributed by atoms with van der Waals surface area (Å²) < 4.78 is 13.5. The second-order valence-corrected chi connectivity index (χ2v) is 5.29. The zero-order chi connectivity index (χ0) is 14.5. The van der Waals surface area contributed by atoms with Crippen LogP contribution < -0.4 is 5.32 Å². The molecule has 6 heteroatoms. The Labute approximate surface area is 125 Å². The van der Waals surface area contributed by atoms with Crippen LogP contribution in [0.3, 0.4) is 0 Å². The third-order valence-corrected chi connectivity index (χ3v) is 3.40. The van der Waals surface area contributed by atoms with Gasteiger partial charge in [-0.2, -0.15) is 0 Å². The molecule has 1 heterocycles. The molecule has 0 amide bonds. The van der Waals surface area contributed by atoms with Gasteiger partial charge in [0, 0.05) is 18.4 Å². The SMILES string of the molecule is Cc1ccnc(CNCC(O)c2ccc(F)c(Br)c2)n1. The summed E-state index contributed by atoms with van der Waals surface area (Å²) in [5, 5.41) is 13.1. The standard InChI is InChI=1S/C14H15BrFN3O/c1-9-4-5-18-14(19-9)8-17-7-13(20)10-2-3-12(16)11(15)6-10/h2-6,13,17,20H,7-8H2,1H3. The Balaban J connectivity index is 1.88. The molecule has 0 saturated carbocycles. The van der Waals surface area contributed by atoms with Crippen LogP contribution in [-0.2, 0) is 6.54 Å². The van der Waals surface area contributed by atoms with E-state index < -0.39 is 6.10 Å². The first kappa shape index (κ1) is 15.0. The fraction of sp³-hybridized carbons (Fsp3) is 0.286. The van der Waals surface area contributed by atoms with E-state index in [1.807, 2.05) is 13.0 Å². The fourth-order valence-electron chi connectivity index (χ4n) is 1.74. The quantitative estimate of drug-likeness (QED) is 0.878. The summed E-state index contributed by atoms with van der Waals surface area (Å²) in [6, 6.07) is 6.29. The summed E-state index contributed by atoms with van der Waals surface area (Å²) in [6.45, 7) is 2.71. The second-order valence-electron chi connectivity index (χ2n) is 4.43. The highest BCUT2D eigenvalue weighted by molar-refractivity contribution is 9.10. The largest absolute Gasteiger partial charge is 0.387 e. The summed E-state index contributed by atoms with van der Waals surface area (Å²) >= 11 is 3.10. The van der Waals surface area contributed by atoms with Crippen molar-refractivity contribution in [3.05, 3.63) is 57.8 Å². The highest BCUT2D eigenvalue weighted by Crippen LogP contribution is 2.21. The molecule has 106 valence electrons. The summed E-state index contributed by atoms with van der Waals surface area (Å²) in [6.07, 6.45) is 0.990. The smallest absolute Gasteiger partial charge is 0.142 e. The van der Waals surface area contributed by atoms with Crippen LogP contribution in [0.1, 0.15) is 23.2 Å². The van der Waals surface area contributed by atoms with Crippen LogP contribution in [0.2, 0.25) is 0 Å². The molecule has 1 atom stereocenters. The van der Waals surface area contributed by atoms with Gasteiger partial charge in [0.15, 0.2) is 0 Å². The van der Waals surface area contributed by atoms with Gasteiger partial charge in [0.1, 0.15) is 11.6 Å². The Kier molecular flexibility index (Phi) is 5.17. The summed E-state index contributed by atoms with van der Waals surface area (Å²) in [5.74, 6) is 0.333. The molecule has 0 aliphatic heterocycles. The fourth-order valence-corrected chi connectivity index (χ4v) is 2.14. The second kappa shape index (κ2) is 6.88. The van der Waals surface area contributed by atoms with E-state index in [9.17, 15) is 9.50 Å². The van der Waals surface area contributed by atoms with Crippen LogP contribution in [-0.4, -0.2) is 21.6 Å². The molecule has 0 fully saturated rings. The number of aliphatic hydroxyl groups is 1. The van der Waals surface area contributed by atoms with Crippen molar-refractivity contribution in [3.63, 3.8) is 0 Å². The highest BCUT2D eigenvalue weighted by Gasteiger charge is 2.09. The van der Waals surface area contributed by atoms with Crippen molar-refractivity contribution in [1.29, 1.82) is 0 Å². The maximum absolute atomic E-state index is 13.1. The number of hydrogen-bond acceptors (Lipinski definition) is 4. The molecule has 0 radical (unpaired) electrons. The number of aryl methyl sites for hydroxylation is 1. The summed E-state index contributed by atoms with van der Waals surface area (Å²) in [5.41, 5.74) is 1.55. The molecule has 1 aromatic carbocycles. The maximum Gasteiger partial charge on any atom is 0.142 e. The first-order valence-corrected chi connectivity index (χ1v) is 6.98. The number of nitrogens with one attached hydrogen (secondary N) is 1. The normalized spacial score (nSPS) is 12.4. The van der Waals surface area contributed by atoms with E-state index in [0.29, 0.717) is 29.0 Å². The van der Waals surface area contributed by atoms with Gasteiger partial charge < -0.3 is 10.4 Å². The van der Waals surface area contributed by atoms with Gasteiger partial charge in [-0.3, -0.25) is 0 Å². The minimum atomic E-state index is -0.711. The zero-order valence-corrected chi connectivity index (χ0v) is 12.6. The molecule has 2 rings (SSSR count). The van der Waals surface area contributed by atoms with Crippen LogP contribution in [0.4, 0.5) is 4.39 Å². The van der Waals surface area contributed by atoms with Crippen LogP contribution in [0, 0.1) is 12.7 Å². The molecule has 0 aliphatic carbocycles. The first-order valence-electron chi connectivity index (χ1n) is 6.18. The number of rotatable bonds is 5. The molecule has 2 N–H and O–H groups in total. The number of aromatic nitrogens is 2. The Morgan fingerprint density at radius 3 is 2.90 bits per heavy atom. The van der Waals surface area contributed by atoms with Crippen LogP contribution >= 0.6 is 15.9 Å². The van der Waals surface area contributed by atoms with Crippen molar-refractivity contribution in [1.82, 2.24) is 15.3 Å². The maximum atomic E-state index is 13.1. The zero-order valence-electron chi connectivity index (χ0n) is 11.0. The molecule has 1 unspecified atom stereocenters. The minimum Gasteiger partial charge on any atom is -0.387 e. The van der Waals surface area contributed by atoms with E-state index in [0.717, 1.165) is 5.69 Å². The van der Waals surface area contributed by atoms with Crippen LogP contribution in [0.15, 0.2) is 34.9 Å². The molecule has 4 nitrogen and oxygen atoms in total. The lowest BCUT2D eigenvalue weighted by atomic mass is 10.1. The van der Waals surface area contributed by atoms with Crippen molar-refractivity contribution in [2.45, 2.75) is 19.6 Å². The summed E-state index contributed by atoms with van der Waals surface area (Å²) in [4.78, 5) is 8.38. The van der Waals surface area contributed by atoms with Gasteiger partial charge in [0.2, 0.25) is 0 Å². The number of aliphatic hydroxyl groups excluding tert-OH is 1. The average molecular weight is 340 g/mol. The van der Waals surface area contributed by atoms with E-state index in [2.05, 4.69) is 31.2 Å². The predicted octanol–water partition coefficient (Wildman–Crippen LogP) is 2.51. The van der Waals surface area contributed by atoms with E-state index in [1.54, 1.807) is 18.3 Å². The van der Waals surface area contributed by atoms with E-state index in [1.165, 1.54) is 6.07 Å². The van der Waals surface area contributed by atoms with Gasteiger partial charge in [0.05, 0.1) is 17.1 Å². The van der Waals surface area contributed by atoms with Gasteiger partial charge in [-0.15, -0.1) is 0 Å². The van der Waals surface area contributed by atoms with E-state index in [4.69, 9.17) is 0 Å². The Morgan fingerprint density at radius 1 is 1.40 bits per heavy atom. The number of halogens is 2. The Bertz CT molecular complexity index is 594. The molecule has 1 aromatic heterocycles. The molecule has 0 aliphatic rings. The minimum absolute atomic E-state index is 0.343. The van der Waals surface area contributed by atoms with Gasteiger partial charge in [-0.05, 0) is 46.6 Å². The van der Waals surface area contributed by atoms with Gasteiger partial charge in [-0.1, -0.05) is 6.07 Å². The van der Waals surface area contributed by atoms with Crippen molar-refractivity contribution in [2.75, 3.05) is 6.54 Å². The van der Waals surface area contributed by atoms with Crippen molar-refractivity contribution < 1.29 is 9.50 Å². The first-order chi connectivity index (χ1) is 9.56. The van der Waals surface area contributed by atoms with E-state index >= 15 is 0 Å². The van der Waals surface area contributed by atoms with Gasteiger partial charge in [0.25, 0.3) is 0 Å². The van der Waals surface area contributed by atoms with Crippen molar-refractivity contribution in [3.8, 4) is 0 Å². The third-order valence-electron chi connectivity index (χ3n) is 2.79.